The first-order chi connectivity index (χ1) is 9.92. The molecule has 0 spiro atoms. The Balaban J connectivity index is 1.95. The molecule has 0 saturated carbocycles. The third-order valence-electron chi connectivity index (χ3n) is 3.34. The summed E-state index contributed by atoms with van der Waals surface area (Å²) in [6.45, 7) is 0. The number of para-hydroxylation sites is 2. The molecule has 0 fully saturated rings. The number of pyridine rings is 1. The smallest absolute Gasteiger partial charge is 0.139 e. The Morgan fingerprint density at radius 3 is 2.50 bits per heavy atom. The summed E-state index contributed by atoms with van der Waals surface area (Å²) >= 11 is 1.76. The molecule has 4 rings (SSSR count). The van der Waals surface area contributed by atoms with E-state index in [0.717, 1.165) is 17.0 Å². The number of nitrogens with zero attached hydrogens (tertiary/aromatic N) is 1. The zero-order valence-electron chi connectivity index (χ0n) is 10.7. The zero-order valence-corrected chi connectivity index (χ0v) is 11.5. The fraction of sp³-hybridized carbons (Fsp3) is 0. The minimum Gasteiger partial charge on any atom is -0.340 e. The minimum absolute atomic E-state index is 0.922. The normalized spacial score (nSPS) is 11.0. The van der Waals surface area contributed by atoms with Gasteiger partial charge in [-0.05, 0) is 29.6 Å². The van der Waals surface area contributed by atoms with Gasteiger partial charge in [-0.3, -0.25) is 0 Å². The molecular formula is C17H12N2S. The molecule has 4 aromatic rings. The predicted molar refractivity (Wildman–Crippen MR) is 86.9 cm³/mol. The molecule has 0 amide bonds. The van der Waals surface area contributed by atoms with Crippen molar-refractivity contribution in [3.63, 3.8) is 0 Å². The first-order valence-corrected chi connectivity index (χ1v) is 7.38. The standard InChI is InChI=1S/C17H12N2S/c1-2-6-12(7-3-1)18-17-14-10-11-20-16(14)13-8-4-5-9-15(13)19-17/h1-11H,(H,18,19). The van der Waals surface area contributed by atoms with Crippen molar-refractivity contribution in [3.05, 3.63) is 66.0 Å². The summed E-state index contributed by atoms with van der Waals surface area (Å²) in [4.78, 5) is 4.77. The van der Waals surface area contributed by atoms with Gasteiger partial charge in [-0.1, -0.05) is 36.4 Å². The molecule has 1 N–H and O–H groups in total. The van der Waals surface area contributed by atoms with E-state index in [4.69, 9.17) is 4.98 Å². The van der Waals surface area contributed by atoms with Gasteiger partial charge in [-0.15, -0.1) is 11.3 Å². The van der Waals surface area contributed by atoms with E-state index >= 15 is 0 Å². The van der Waals surface area contributed by atoms with Gasteiger partial charge in [-0.2, -0.15) is 0 Å². The Hall–Kier alpha value is -2.39. The summed E-state index contributed by atoms with van der Waals surface area (Å²) in [5.74, 6) is 0.922. The van der Waals surface area contributed by atoms with Crippen molar-refractivity contribution in [2.24, 2.45) is 0 Å². The number of nitrogens with one attached hydrogen (secondary N) is 1. The van der Waals surface area contributed by atoms with Crippen LogP contribution in [0.25, 0.3) is 21.0 Å². The van der Waals surface area contributed by atoms with Crippen LogP contribution in [0.15, 0.2) is 66.0 Å². The van der Waals surface area contributed by atoms with Crippen LogP contribution in [0, 0.1) is 0 Å². The third-order valence-corrected chi connectivity index (χ3v) is 4.29. The molecule has 3 heteroatoms. The Bertz CT molecular complexity index is 881. The number of aromatic nitrogens is 1. The van der Waals surface area contributed by atoms with E-state index in [1.807, 2.05) is 24.3 Å². The number of rotatable bonds is 2. The summed E-state index contributed by atoms with van der Waals surface area (Å²) < 4.78 is 1.29. The molecule has 2 aromatic heterocycles. The Labute approximate surface area is 120 Å². The van der Waals surface area contributed by atoms with E-state index in [0.29, 0.717) is 0 Å². The van der Waals surface area contributed by atoms with Crippen LogP contribution in [-0.4, -0.2) is 4.98 Å². The molecule has 0 aliphatic heterocycles. The van der Waals surface area contributed by atoms with Gasteiger partial charge in [0.05, 0.1) is 5.52 Å². The lowest BCUT2D eigenvalue weighted by Gasteiger charge is -2.09. The van der Waals surface area contributed by atoms with E-state index < -0.39 is 0 Å². The van der Waals surface area contributed by atoms with Crippen molar-refractivity contribution < 1.29 is 0 Å². The highest BCUT2D eigenvalue weighted by Crippen LogP contribution is 2.34. The largest absolute Gasteiger partial charge is 0.340 e. The average molecular weight is 276 g/mol. The summed E-state index contributed by atoms with van der Waals surface area (Å²) in [6, 6.07) is 20.6. The van der Waals surface area contributed by atoms with Crippen LogP contribution in [0.2, 0.25) is 0 Å². The summed E-state index contributed by atoms with van der Waals surface area (Å²) in [5.41, 5.74) is 2.09. The SMILES string of the molecule is c1ccc(Nc2nc3ccccc3c3sccc23)cc1. The fourth-order valence-corrected chi connectivity index (χ4v) is 3.33. The minimum atomic E-state index is 0.922. The van der Waals surface area contributed by atoms with Gasteiger partial charge in [0.2, 0.25) is 0 Å². The van der Waals surface area contributed by atoms with Crippen molar-refractivity contribution in [2.75, 3.05) is 5.32 Å². The predicted octanol–water partition coefficient (Wildman–Crippen LogP) is 5.19. The Kier molecular flexibility index (Phi) is 2.64. The molecule has 0 unspecified atom stereocenters. The highest BCUT2D eigenvalue weighted by molar-refractivity contribution is 7.18. The maximum atomic E-state index is 4.77. The highest BCUT2D eigenvalue weighted by atomic mass is 32.1. The van der Waals surface area contributed by atoms with Crippen LogP contribution in [-0.2, 0) is 0 Å². The zero-order chi connectivity index (χ0) is 13.4. The number of benzene rings is 2. The van der Waals surface area contributed by atoms with Crippen LogP contribution in [0.1, 0.15) is 0 Å². The van der Waals surface area contributed by atoms with E-state index in [-0.39, 0.29) is 0 Å². The van der Waals surface area contributed by atoms with Gasteiger partial charge < -0.3 is 5.32 Å². The van der Waals surface area contributed by atoms with Gasteiger partial charge in [0.25, 0.3) is 0 Å². The first-order valence-electron chi connectivity index (χ1n) is 6.50. The van der Waals surface area contributed by atoms with Gasteiger partial charge in [0.15, 0.2) is 0 Å². The second-order valence-electron chi connectivity index (χ2n) is 4.63. The van der Waals surface area contributed by atoms with Gasteiger partial charge in [0.1, 0.15) is 5.82 Å². The van der Waals surface area contributed by atoms with Crippen molar-refractivity contribution in [1.29, 1.82) is 0 Å². The monoisotopic (exact) mass is 276 g/mol. The van der Waals surface area contributed by atoms with Crippen LogP contribution in [0.3, 0.4) is 0 Å². The number of anilines is 2. The van der Waals surface area contributed by atoms with E-state index in [1.54, 1.807) is 11.3 Å². The molecule has 96 valence electrons. The second-order valence-corrected chi connectivity index (χ2v) is 5.55. The molecule has 20 heavy (non-hydrogen) atoms. The number of thiophene rings is 1. The number of hydrogen-bond acceptors (Lipinski definition) is 3. The second kappa shape index (κ2) is 4.62. The summed E-state index contributed by atoms with van der Waals surface area (Å²) in [6.07, 6.45) is 0. The Morgan fingerprint density at radius 2 is 1.60 bits per heavy atom. The molecule has 2 aromatic carbocycles. The van der Waals surface area contributed by atoms with Crippen LogP contribution >= 0.6 is 11.3 Å². The van der Waals surface area contributed by atoms with E-state index in [2.05, 4.69) is 47.1 Å². The molecular weight excluding hydrogens is 264 g/mol. The number of hydrogen-bond donors (Lipinski definition) is 1. The lowest BCUT2D eigenvalue weighted by atomic mass is 10.2. The van der Waals surface area contributed by atoms with Crippen LogP contribution in [0.5, 0.6) is 0 Å². The van der Waals surface area contributed by atoms with Crippen molar-refractivity contribution in [1.82, 2.24) is 4.98 Å². The molecule has 0 aliphatic rings. The fourth-order valence-electron chi connectivity index (χ4n) is 2.40. The average Bonchev–Trinajstić information content (AvgIpc) is 2.98. The molecule has 0 aliphatic carbocycles. The summed E-state index contributed by atoms with van der Waals surface area (Å²) in [5, 5.41) is 7.94. The molecule has 0 atom stereocenters. The molecule has 0 radical (unpaired) electrons. The van der Waals surface area contributed by atoms with Gasteiger partial charge >= 0.3 is 0 Å². The number of fused-ring (bicyclic) bond motifs is 3. The van der Waals surface area contributed by atoms with Crippen molar-refractivity contribution >= 4 is 43.8 Å². The lowest BCUT2D eigenvalue weighted by Crippen LogP contribution is -1.94. The van der Waals surface area contributed by atoms with Crippen LogP contribution < -0.4 is 5.32 Å². The summed E-state index contributed by atoms with van der Waals surface area (Å²) in [7, 11) is 0. The topological polar surface area (TPSA) is 24.9 Å². The van der Waals surface area contributed by atoms with Crippen LogP contribution in [0.4, 0.5) is 11.5 Å². The lowest BCUT2D eigenvalue weighted by molar-refractivity contribution is 1.40. The third kappa shape index (κ3) is 1.84. The van der Waals surface area contributed by atoms with Gasteiger partial charge in [-0.25, -0.2) is 4.98 Å². The first kappa shape index (κ1) is 11.4. The molecule has 2 heterocycles. The van der Waals surface area contributed by atoms with Crippen molar-refractivity contribution in [2.45, 2.75) is 0 Å². The Morgan fingerprint density at radius 1 is 0.800 bits per heavy atom. The molecule has 0 bridgehead atoms. The van der Waals surface area contributed by atoms with E-state index in [1.165, 1.54) is 15.5 Å². The van der Waals surface area contributed by atoms with E-state index in [9.17, 15) is 0 Å². The maximum absolute atomic E-state index is 4.77. The highest BCUT2D eigenvalue weighted by Gasteiger charge is 2.09. The molecule has 2 nitrogen and oxygen atoms in total. The molecule has 0 saturated heterocycles. The quantitative estimate of drug-likeness (QED) is 0.544. The maximum Gasteiger partial charge on any atom is 0.139 e. The van der Waals surface area contributed by atoms with Crippen molar-refractivity contribution in [3.8, 4) is 0 Å². The van der Waals surface area contributed by atoms with Gasteiger partial charge in [0, 0.05) is 21.2 Å².